The number of Topliss-reactive ketones (excluding diaryl/α,β-unsaturated/α-hetero) is 1. The summed E-state index contributed by atoms with van der Waals surface area (Å²) in [5, 5.41) is 2.02. The van der Waals surface area contributed by atoms with Crippen LogP contribution >= 0.6 is 11.3 Å². The van der Waals surface area contributed by atoms with Crippen molar-refractivity contribution < 1.29 is 13.2 Å². The van der Waals surface area contributed by atoms with Crippen LogP contribution in [-0.4, -0.2) is 26.2 Å². The Hall–Kier alpha value is -0.680. The second-order valence-electron chi connectivity index (χ2n) is 4.59. The number of thiophene rings is 1. The van der Waals surface area contributed by atoms with Crippen LogP contribution in [0.1, 0.15) is 35.6 Å². The summed E-state index contributed by atoms with van der Waals surface area (Å²) >= 11 is 1.70. The summed E-state index contributed by atoms with van der Waals surface area (Å²) < 4.78 is 22.1. The molecule has 0 saturated heterocycles. The van der Waals surface area contributed by atoms with Crippen molar-refractivity contribution in [2.75, 3.05) is 12.0 Å². The molecular formula is C12H16O3S2. The monoisotopic (exact) mass is 272 g/mol. The maximum atomic E-state index is 12.0. The normalized spacial score (nSPS) is 19.9. The van der Waals surface area contributed by atoms with E-state index in [0.717, 1.165) is 24.8 Å². The van der Waals surface area contributed by atoms with Gasteiger partial charge in [0, 0.05) is 23.5 Å². The summed E-state index contributed by atoms with van der Waals surface area (Å²) in [7, 11) is -3.04. The molecule has 0 amide bonds. The first-order valence-electron chi connectivity index (χ1n) is 5.74. The van der Waals surface area contributed by atoms with E-state index < -0.39 is 9.84 Å². The second kappa shape index (κ2) is 4.90. The van der Waals surface area contributed by atoms with Gasteiger partial charge in [-0.1, -0.05) is 0 Å². The van der Waals surface area contributed by atoms with Crippen molar-refractivity contribution in [3.05, 3.63) is 21.9 Å². The molecule has 1 heterocycles. The van der Waals surface area contributed by atoms with Crippen molar-refractivity contribution >= 4 is 27.0 Å². The lowest BCUT2D eigenvalue weighted by molar-refractivity contribution is -0.120. The first kappa shape index (κ1) is 12.8. The molecule has 1 atom stereocenters. The average molecular weight is 272 g/mol. The maximum absolute atomic E-state index is 12.0. The third kappa shape index (κ3) is 3.16. The standard InChI is InChI=1S/C12H16O3S2/c1-17(14,15)8-6-11(13)9-3-2-4-12-10(9)5-7-16-12/h5,7,9H,2-4,6,8H2,1H3. The van der Waals surface area contributed by atoms with Crippen molar-refractivity contribution in [2.24, 2.45) is 0 Å². The summed E-state index contributed by atoms with van der Waals surface area (Å²) in [6.45, 7) is 0. The van der Waals surface area contributed by atoms with Crippen molar-refractivity contribution in [3.8, 4) is 0 Å². The van der Waals surface area contributed by atoms with Crippen LogP contribution in [-0.2, 0) is 21.1 Å². The number of sulfone groups is 1. The van der Waals surface area contributed by atoms with Crippen LogP contribution < -0.4 is 0 Å². The Balaban J connectivity index is 2.07. The van der Waals surface area contributed by atoms with Crippen LogP contribution in [0.25, 0.3) is 0 Å². The molecule has 5 heteroatoms. The molecule has 94 valence electrons. The quantitative estimate of drug-likeness (QED) is 0.844. The van der Waals surface area contributed by atoms with E-state index in [1.165, 1.54) is 11.1 Å². The van der Waals surface area contributed by atoms with E-state index in [4.69, 9.17) is 0 Å². The van der Waals surface area contributed by atoms with Gasteiger partial charge in [-0.2, -0.15) is 0 Å². The molecule has 1 aliphatic carbocycles. The van der Waals surface area contributed by atoms with Crippen LogP contribution in [0.3, 0.4) is 0 Å². The lowest BCUT2D eigenvalue weighted by Gasteiger charge is -2.21. The number of fused-ring (bicyclic) bond motifs is 1. The van der Waals surface area contributed by atoms with Crippen LogP contribution in [0.2, 0.25) is 0 Å². The summed E-state index contributed by atoms with van der Waals surface area (Å²) in [5.74, 6) is -0.0107. The van der Waals surface area contributed by atoms with Crippen molar-refractivity contribution in [2.45, 2.75) is 31.6 Å². The molecule has 1 unspecified atom stereocenters. The van der Waals surface area contributed by atoms with Gasteiger partial charge >= 0.3 is 0 Å². The van der Waals surface area contributed by atoms with Gasteiger partial charge in [0.05, 0.1) is 5.75 Å². The summed E-state index contributed by atoms with van der Waals surface area (Å²) in [6, 6.07) is 2.02. The van der Waals surface area contributed by atoms with Gasteiger partial charge in [0.2, 0.25) is 0 Å². The van der Waals surface area contributed by atoms with Gasteiger partial charge in [-0.05, 0) is 36.3 Å². The minimum absolute atomic E-state index is 0.0260. The highest BCUT2D eigenvalue weighted by Crippen LogP contribution is 2.36. The lowest BCUT2D eigenvalue weighted by atomic mass is 9.84. The minimum atomic E-state index is -3.04. The molecule has 3 nitrogen and oxygen atoms in total. The first-order valence-corrected chi connectivity index (χ1v) is 8.68. The molecular weight excluding hydrogens is 256 g/mol. The highest BCUT2D eigenvalue weighted by atomic mass is 32.2. The van der Waals surface area contributed by atoms with E-state index in [2.05, 4.69) is 0 Å². The van der Waals surface area contributed by atoms with Crippen LogP contribution in [0.15, 0.2) is 11.4 Å². The van der Waals surface area contributed by atoms with Crippen LogP contribution in [0.4, 0.5) is 0 Å². The van der Waals surface area contributed by atoms with Crippen molar-refractivity contribution in [1.82, 2.24) is 0 Å². The topological polar surface area (TPSA) is 51.2 Å². The molecule has 1 aromatic heterocycles. The van der Waals surface area contributed by atoms with Gasteiger partial charge in [0.15, 0.2) is 0 Å². The number of rotatable bonds is 4. The number of aryl methyl sites for hydroxylation is 1. The Morgan fingerprint density at radius 2 is 2.29 bits per heavy atom. The third-order valence-corrected chi connectivity index (χ3v) is 5.10. The smallest absolute Gasteiger partial charge is 0.147 e. The number of carbonyl (C=O) groups excluding carboxylic acids is 1. The Labute approximate surface area is 106 Å². The highest BCUT2D eigenvalue weighted by molar-refractivity contribution is 7.90. The molecule has 2 rings (SSSR count). The first-order chi connectivity index (χ1) is 7.97. The number of hydrogen-bond donors (Lipinski definition) is 0. The van der Waals surface area contributed by atoms with Crippen molar-refractivity contribution in [1.29, 1.82) is 0 Å². The zero-order valence-corrected chi connectivity index (χ0v) is 11.4. The predicted molar refractivity (Wildman–Crippen MR) is 69.3 cm³/mol. The molecule has 1 aliphatic rings. The van der Waals surface area contributed by atoms with Crippen LogP contribution in [0, 0.1) is 0 Å². The van der Waals surface area contributed by atoms with Gasteiger partial charge in [0.25, 0.3) is 0 Å². The largest absolute Gasteiger partial charge is 0.299 e. The van der Waals surface area contributed by atoms with E-state index in [9.17, 15) is 13.2 Å². The van der Waals surface area contributed by atoms with E-state index in [-0.39, 0.29) is 23.9 Å². The molecule has 0 spiro atoms. The van der Waals surface area contributed by atoms with E-state index in [1.807, 2.05) is 11.4 Å². The molecule has 0 aromatic carbocycles. The van der Waals surface area contributed by atoms with E-state index >= 15 is 0 Å². The Morgan fingerprint density at radius 1 is 1.53 bits per heavy atom. The van der Waals surface area contributed by atoms with Gasteiger partial charge in [-0.15, -0.1) is 11.3 Å². The summed E-state index contributed by atoms with van der Waals surface area (Å²) in [4.78, 5) is 13.3. The van der Waals surface area contributed by atoms with Gasteiger partial charge in [-0.3, -0.25) is 4.79 Å². The molecule has 17 heavy (non-hydrogen) atoms. The molecule has 0 saturated carbocycles. The summed E-state index contributed by atoms with van der Waals surface area (Å²) in [6.07, 6.45) is 4.29. The molecule has 0 fully saturated rings. The number of ketones is 1. The van der Waals surface area contributed by atoms with Gasteiger partial charge in [-0.25, -0.2) is 8.42 Å². The number of carbonyl (C=O) groups is 1. The maximum Gasteiger partial charge on any atom is 0.147 e. The average Bonchev–Trinajstić information content (AvgIpc) is 2.72. The molecule has 0 aliphatic heterocycles. The molecule has 0 N–H and O–H groups in total. The fourth-order valence-electron chi connectivity index (χ4n) is 2.28. The highest BCUT2D eigenvalue weighted by Gasteiger charge is 2.27. The molecule has 0 bridgehead atoms. The van der Waals surface area contributed by atoms with Gasteiger partial charge < -0.3 is 0 Å². The second-order valence-corrected chi connectivity index (χ2v) is 7.85. The fourth-order valence-corrected chi connectivity index (χ4v) is 3.84. The predicted octanol–water partition coefficient (Wildman–Crippen LogP) is 2.17. The summed E-state index contributed by atoms with van der Waals surface area (Å²) in [5.41, 5.74) is 1.14. The Morgan fingerprint density at radius 3 is 3.00 bits per heavy atom. The van der Waals surface area contributed by atoms with Crippen LogP contribution in [0.5, 0.6) is 0 Å². The van der Waals surface area contributed by atoms with E-state index in [1.54, 1.807) is 11.3 Å². The number of hydrogen-bond acceptors (Lipinski definition) is 4. The Kier molecular flexibility index (Phi) is 3.68. The molecule has 0 radical (unpaired) electrons. The van der Waals surface area contributed by atoms with Crippen molar-refractivity contribution in [3.63, 3.8) is 0 Å². The zero-order chi connectivity index (χ0) is 12.5. The fraction of sp³-hybridized carbons (Fsp3) is 0.583. The minimum Gasteiger partial charge on any atom is -0.299 e. The molecule has 1 aromatic rings. The lowest BCUT2D eigenvalue weighted by Crippen LogP contribution is -2.19. The van der Waals surface area contributed by atoms with Gasteiger partial charge in [0.1, 0.15) is 15.6 Å². The SMILES string of the molecule is CS(=O)(=O)CCC(=O)C1CCCc2sccc21. The Bertz CT molecular complexity index is 514. The van der Waals surface area contributed by atoms with E-state index in [0.29, 0.717) is 0 Å². The third-order valence-electron chi connectivity index (χ3n) is 3.16. The zero-order valence-electron chi connectivity index (χ0n) is 9.81.